The SMILES string of the molecule is [2H]C1(N(C)C)CN(C(=O)OC(C)(C)C)c2ccccc2O1. The van der Waals surface area contributed by atoms with Crippen molar-refractivity contribution in [3.05, 3.63) is 24.3 Å². The second kappa shape index (κ2) is 5.32. The van der Waals surface area contributed by atoms with E-state index in [0.29, 0.717) is 11.4 Å². The van der Waals surface area contributed by atoms with Gasteiger partial charge in [0.15, 0.2) is 6.20 Å². The molecule has 0 fully saturated rings. The first kappa shape index (κ1) is 13.2. The Morgan fingerprint density at radius 1 is 1.45 bits per heavy atom. The summed E-state index contributed by atoms with van der Waals surface area (Å²) in [5.41, 5.74) is 0.0316. The topological polar surface area (TPSA) is 42.0 Å². The van der Waals surface area contributed by atoms with Gasteiger partial charge in [-0.25, -0.2) is 4.79 Å². The van der Waals surface area contributed by atoms with E-state index in [0.717, 1.165) is 0 Å². The van der Waals surface area contributed by atoms with Crippen molar-refractivity contribution in [3.63, 3.8) is 0 Å². The molecule has 0 saturated heterocycles. The van der Waals surface area contributed by atoms with Crippen LogP contribution in [0.15, 0.2) is 24.3 Å². The lowest BCUT2D eigenvalue weighted by molar-refractivity contribution is 0.0395. The highest BCUT2D eigenvalue weighted by Crippen LogP contribution is 2.34. The third-order valence-electron chi connectivity index (χ3n) is 2.79. The number of hydrogen-bond donors (Lipinski definition) is 0. The molecule has 0 radical (unpaired) electrons. The highest BCUT2D eigenvalue weighted by Gasteiger charge is 2.33. The Labute approximate surface area is 121 Å². The van der Waals surface area contributed by atoms with E-state index in [1.165, 1.54) is 4.90 Å². The number of nitrogens with zero attached hydrogens (tertiary/aromatic N) is 2. The van der Waals surface area contributed by atoms with Crippen molar-refractivity contribution in [2.75, 3.05) is 25.5 Å². The second-order valence-electron chi connectivity index (χ2n) is 5.92. The molecular formula is C15H22N2O3. The summed E-state index contributed by atoms with van der Waals surface area (Å²) >= 11 is 0. The number of ether oxygens (including phenoxy) is 2. The number of hydrogen-bond acceptors (Lipinski definition) is 4. The van der Waals surface area contributed by atoms with Crippen LogP contribution in [0.4, 0.5) is 10.5 Å². The fraction of sp³-hybridized carbons (Fsp3) is 0.533. The fourth-order valence-electron chi connectivity index (χ4n) is 1.86. The van der Waals surface area contributed by atoms with E-state index >= 15 is 0 Å². The van der Waals surface area contributed by atoms with Crippen molar-refractivity contribution in [3.8, 4) is 5.75 Å². The first-order chi connectivity index (χ1) is 9.62. The van der Waals surface area contributed by atoms with E-state index in [9.17, 15) is 4.79 Å². The van der Waals surface area contributed by atoms with E-state index in [-0.39, 0.29) is 6.54 Å². The smallest absolute Gasteiger partial charge is 0.415 e. The normalized spacial score (nSPS) is 22.9. The molecule has 5 heteroatoms. The zero-order valence-electron chi connectivity index (χ0n) is 13.6. The molecule has 0 aromatic heterocycles. The van der Waals surface area contributed by atoms with Gasteiger partial charge in [-0.1, -0.05) is 12.1 Å². The number of carbonyl (C=O) groups is 1. The standard InChI is InChI=1S/C15H22N2O3/c1-15(2,3)20-14(18)17-10-13(16(4)5)19-12-9-7-6-8-11(12)17/h6-9,13H,10H2,1-5H3/i13D. The molecule has 20 heavy (non-hydrogen) atoms. The number of benzene rings is 1. The zero-order chi connectivity index (χ0) is 15.8. The van der Waals surface area contributed by atoms with E-state index in [1.54, 1.807) is 31.1 Å². The molecule has 1 heterocycles. The van der Waals surface area contributed by atoms with Crippen LogP contribution in [-0.4, -0.2) is 43.4 Å². The van der Waals surface area contributed by atoms with E-state index in [1.807, 2.05) is 32.9 Å². The molecule has 0 N–H and O–H groups in total. The summed E-state index contributed by atoms with van der Waals surface area (Å²) in [4.78, 5) is 15.5. The summed E-state index contributed by atoms with van der Waals surface area (Å²) in [6.07, 6.45) is -1.82. The van der Waals surface area contributed by atoms with Gasteiger partial charge in [-0.05, 0) is 47.0 Å². The van der Waals surface area contributed by atoms with Gasteiger partial charge in [0.25, 0.3) is 0 Å². The fourth-order valence-corrected chi connectivity index (χ4v) is 1.86. The summed E-state index contributed by atoms with van der Waals surface area (Å²) in [5.74, 6) is 0.498. The number of rotatable bonds is 1. The minimum atomic E-state index is -1.34. The molecule has 5 nitrogen and oxygen atoms in total. The van der Waals surface area contributed by atoms with Crippen LogP contribution in [0.1, 0.15) is 22.1 Å². The van der Waals surface area contributed by atoms with E-state index in [4.69, 9.17) is 10.8 Å². The van der Waals surface area contributed by atoms with Crippen LogP contribution in [0, 0.1) is 0 Å². The first-order valence-corrected chi connectivity index (χ1v) is 6.58. The largest absolute Gasteiger partial charge is 0.471 e. The highest BCUT2D eigenvalue weighted by atomic mass is 16.6. The molecule has 1 aromatic carbocycles. The van der Waals surface area contributed by atoms with Crippen LogP contribution in [-0.2, 0) is 4.74 Å². The van der Waals surface area contributed by atoms with Gasteiger partial charge in [0.2, 0.25) is 0 Å². The molecule has 0 spiro atoms. The van der Waals surface area contributed by atoms with Crippen LogP contribution in [0.3, 0.4) is 0 Å². The number of carbonyl (C=O) groups excluding carboxylic acids is 1. The molecule has 1 aromatic rings. The summed E-state index contributed by atoms with van der Waals surface area (Å²) in [7, 11) is 3.49. The predicted molar refractivity (Wildman–Crippen MR) is 78.1 cm³/mol. The van der Waals surface area contributed by atoms with Crippen LogP contribution in [0.5, 0.6) is 5.75 Å². The Kier molecular flexibility index (Phi) is 3.53. The maximum atomic E-state index is 12.4. The van der Waals surface area contributed by atoms with Gasteiger partial charge in [0.1, 0.15) is 11.4 Å². The molecule has 1 unspecified atom stereocenters. The molecule has 1 atom stereocenters. The van der Waals surface area contributed by atoms with E-state index in [2.05, 4.69) is 0 Å². The molecule has 1 aliphatic heterocycles. The number of anilines is 1. The molecule has 1 aliphatic rings. The van der Waals surface area contributed by atoms with E-state index < -0.39 is 17.9 Å². The van der Waals surface area contributed by atoms with Crippen molar-refractivity contribution in [1.82, 2.24) is 4.90 Å². The number of likely N-dealkylation sites (N-methyl/N-ethyl adjacent to an activating group) is 1. The Morgan fingerprint density at radius 2 is 2.10 bits per heavy atom. The highest BCUT2D eigenvalue weighted by molar-refractivity contribution is 5.90. The minimum Gasteiger partial charge on any atom is -0.471 e. The monoisotopic (exact) mass is 279 g/mol. The first-order valence-electron chi connectivity index (χ1n) is 7.08. The van der Waals surface area contributed by atoms with Crippen LogP contribution in [0.25, 0.3) is 0 Å². The van der Waals surface area contributed by atoms with Crippen molar-refractivity contribution in [2.45, 2.75) is 32.6 Å². The lowest BCUT2D eigenvalue weighted by atomic mass is 10.2. The van der Waals surface area contributed by atoms with Gasteiger partial charge in [0.05, 0.1) is 13.6 Å². The van der Waals surface area contributed by atoms with Crippen molar-refractivity contribution >= 4 is 11.8 Å². The van der Waals surface area contributed by atoms with Gasteiger partial charge in [-0.15, -0.1) is 0 Å². The summed E-state index contributed by atoms with van der Waals surface area (Å²) < 4.78 is 19.6. The number of fused-ring (bicyclic) bond motifs is 1. The molecule has 1 amide bonds. The lowest BCUT2D eigenvalue weighted by Crippen LogP contribution is -2.50. The second-order valence-corrected chi connectivity index (χ2v) is 5.92. The van der Waals surface area contributed by atoms with Gasteiger partial charge < -0.3 is 9.47 Å². The van der Waals surface area contributed by atoms with Gasteiger partial charge >= 0.3 is 6.09 Å². The maximum absolute atomic E-state index is 12.4. The number of amides is 1. The Hall–Kier alpha value is -1.75. The third kappa shape index (κ3) is 3.22. The lowest BCUT2D eigenvalue weighted by Gasteiger charge is -2.37. The van der Waals surface area contributed by atoms with Crippen molar-refractivity contribution < 1.29 is 15.6 Å². The molecule has 2 rings (SSSR count). The maximum Gasteiger partial charge on any atom is 0.415 e. The molecule has 110 valence electrons. The Bertz CT molecular complexity index is 542. The van der Waals surface area contributed by atoms with Crippen LogP contribution in [0.2, 0.25) is 0 Å². The van der Waals surface area contributed by atoms with Gasteiger partial charge in [0, 0.05) is 0 Å². The molecule has 0 bridgehead atoms. The predicted octanol–water partition coefficient (Wildman–Crippen LogP) is 2.71. The van der Waals surface area contributed by atoms with Crippen molar-refractivity contribution in [1.29, 1.82) is 0 Å². The zero-order valence-corrected chi connectivity index (χ0v) is 12.6. The third-order valence-corrected chi connectivity index (χ3v) is 2.79. The summed E-state index contributed by atoms with van der Waals surface area (Å²) in [6.45, 7) is 5.53. The number of para-hydroxylation sites is 2. The average Bonchev–Trinajstić information content (AvgIpc) is 2.35. The van der Waals surface area contributed by atoms with Crippen LogP contribution >= 0.6 is 0 Å². The van der Waals surface area contributed by atoms with Crippen molar-refractivity contribution in [2.24, 2.45) is 0 Å². The Morgan fingerprint density at radius 3 is 2.70 bits per heavy atom. The molecule has 0 aliphatic carbocycles. The van der Waals surface area contributed by atoms with Crippen LogP contribution < -0.4 is 9.64 Å². The summed E-state index contributed by atoms with van der Waals surface area (Å²) in [6, 6.07) is 7.17. The average molecular weight is 279 g/mol. The minimum absolute atomic E-state index is 0.0753. The van der Waals surface area contributed by atoms with Gasteiger partial charge in [-0.2, -0.15) is 0 Å². The molecular weight excluding hydrogens is 256 g/mol. The molecule has 0 saturated carbocycles. The Balaban J connectivity index is 2.37. The quantitative estimate of drug-likeness (QED) is 0.792. The summed E-state index contributed by atoms with van der Waals surface area (Å²) in [5, 5.41) is 0. The van der Waals surface area contributed by atoms with Gasteiger partial charge in [-0.3, -0.25) is 9.80 Å².